The average molecular weight is 320 g/mol. The summed E-state index contributed by atoms with van der Waals surface area (Å²) >= 11 is 0. The molecule has 4 nitrogen and oxygen atoms in total. The first kappa shape index (κ1) is 16.4. The molecule has 1 aromatic carbocycles. The van der Waals surface area contributed by atoms with Crippen LogP contribution in [0, 0.1) is 5.82 Å². The highest BCUT2D eigenvalue weighted by Gasteiger charge is 2.24. The van der Waals surface area contributed by atoms with Crippen molar-refractivity contribution < 1.29 is 13.9 Å². The number of aryl methyl sites for hydroxylation is 1. The lowest BCUT2D eigenvalue weighted by Gasteiger charge is -2.35. The Hall–Kier alpha value is -1.46. The molecule has 0 N–H and O–H groups in total. The molecule has 1 atom stereocenters. The number of hydrogen-bond donors (Lipinski definition) is 0. The number of nitrogens with zero attached hydrogens (tertiary/aromatic N) is 2. The minimum atomic E-state index is -0.238. The summed E-state index contributed by atoms with van der Waals surface area (Å²) < 4.78 is 18.8. The van der Waals surface area contributed by atoms with Crippen molar-refractivity contribution in [2.75, 3.05) is 39.3 Å². The van der Waals surface area contributed by atoms with Gasteiger partial charge in [-0.3, -0.25) is 9.69 Å². The first-order valence-electron chi connectivity index (χ1n) is 8.57. The van der Waals surface area contributed by atoms with Crippen LogP contribution in [0.5, 0.6) is 0 Å². The topological polar surface area (TPSA) is 32.8 Å². The van der Waals surface area contributed by atoms with E-state index in [0.717, 1.165) is 51.3 Å². The molecule has 0 radical (unpaired) electrons. The zero-order chi connectivity index (χ0) is 16.1. The Morgan fingerprint density at radius 2 is 2.09 bits per heavy atom. The van der Waals surface area contributed by atoms with E-state index in [4.69, 9.17) is 4.74 Å². The van der Waals surface area contributed by atoms with Crippen LogP contribution in [0.25, 0.3) is 0 Å². The summed E-state index contributed by atoms with van der Waals surface area (Å²) in [5, 5.41) is 0. The highest BCUT2D eigenvalue weighted by Crippen LogP contribution is 2.15. The monoisotopic (exact) mass is 320 g/mol. The number of hydrogen-bond acceptors (Lipinski definition) is 3. The second-order valence-corrected chi connectivity index (χ2v) is 6.45. The number of benzene rings is 1. The molecule has 1 amide bonds. The van der Waals surface area contributed by atoms with Crippen LogP contribution in [-0.2, 0) is 16.0 Å². The second kappa shape index (κ2) is 7.88. The van der Waals surface area contributed by atoms with E-state index in [-0.39, 0.29) is 11.7 Å². The molecule has 5 heteroatoms. The van der Waals surface area contributed by atoms with Crippen LogP contribution in [0.2, 0.25) is 0 Å². The van der Waals surface area contributed by atoms with E-state index in [1.807, 2.05) is 11.0 Å². The van der Waals surface area contributed by atoms with Crippen molar-refractivity contribution >= 4 is 5.91 Å². The van der Waals surface area contributed by atoms with Crippen molar-refractivity contribution in [3.63, 3.8) is 0 Å². The third kappa shape index (κ3) is 4.75. The molecule has 1 aromatic rings. The number of halogens is 1. The molecule has 0 aliphatic carbocycles. The molecule has 126 valence electrons. The highest BCUT2D eigenvalue weighted by molar-refractivity contribution is 5.76. The van der Waals surface area contributed by atoms with E-state index in [9.17, 15) is 9.18 Å². The fourth-order valence-electron chi connectivity index (χ4n) is 3.36. The van der Waals surface area contributed by atoms with Gasteiger partial charge in [-0.25, -0.2) is 4.39 Å². The fourth-order valence-corrected chi connectivity index (χ4v) is 3.36. The van der Waals surface area contributed by atoms with Gasteiger partial charge < -0.3 is 9.64 Å². The van der Waals surface area contributed by atoms with Crippen LogP contribution in [0.1, 0.15) is 24.8 Å². The van der Waals surface area contributed by atoms with Crippen LogP contribution in [-0.4, -0.2) is 61.1 Å². The normalized spacial score (nSPS) is 22.5. The van der Waals surface area contributed by atoms with Gasteiger partial charge >= 0.3 is 0 Å². The van der Waals surface area contributed by atoms with Gasteiger partial charge in [0.05, 0.1) is 6.10 Å². The third-order valence-electron chi connectivity index (χ3n) is 4.73. The smallest absolute Gasteiger partial charge is 0.222 e. The van der Waals surface area contributed by atoms with Gasteiger partial charge in [0.2, 0.25) is 5.91 Å². The Balaban J connectivity index is 1.39. The molecule has 1 unspecified atom stereocenters. The molecule has 0 aromatic heterocycles. The summed E-state index contributed by atoms with van der Waals surface area (Å²) in [5.41, 5.74) is 0.885. The molecule has 3 rings (SSSR count). The molecule has 2 aliphatic rings. The highest BCUT2D eigenvalue weighted by atomic mass is 19.1. The molecule has 0 bridgehead atoms. The summed E-state index contributed by atoms with van der Waals surface area (Å²) in [7, 11) is 0. The first-order chi connectivity index (χ1) is 11.2. The third-order valence-corrected chi connectivity index (χ3v) is 4.73. The molecular weight excluding hydrogens is 295 g/mol. The molecule has 0 spiro atoms. The maximum atomic E-state index is 13.1. The molecular formula is C18H25FN2O2. The lowest BCUT2D eigenvalue weighted by atomic mass is 10.1. The summed E-state index contributed by atoms with van der Waals surface area (Å²) in [6, 6.07) is 6.50. The van der Waals surface area contributed by atoms with Gasteiger partial charge in [0.25, 0.3) is 0 Å². The Kier molecular flexibility index (Phi) is 5.62. The minimum absolute atomic E-state index is 0.172. The molecule has 2 fully saturated rings. The van der Waals surface area contributed by atoms with Gasteiger partial charge in [0.15, 0.2) is 0 Å². The lowest BCUT2D eigenvalue weighted by Crippen LogP contribution is -2.50. The molecule has 0 saturated carbocycles. The van der Waals surface area contributed by atoms with Gasteiger partial charge in [0.1, 0.15) is 5.82 Å². The lowest BCUT2D eigenvalue weighted by molar-refractivity contribution is -0.133. The van der Waals surface area contributed by atoms with Crippen molar-refractivity contribution in [1.29, 1.82) is 0 Å². The molecule has 2 heterocycles. The first-order valence-corrected chi connectivity index (χ1v) is 8.57. The van der Waals surface area contributed by atoms with Gasteiger partial charge in [-0.2, -0.15) is 0 Å². The zero-order valence-electron chi connectivity index (χ0n) is 13.5. The number of amides is 1. The van der Waals surface area contributed by atoms with E-state index in [1.54, 1.807) is 6.07 Å². The standard InChI is InChI=1S/C18H25FN2O2/c19-16-4-1-3-15(13-16)6-7-18(22)21-10-8-20(9-11-21)14-17-5-2-12-23-17/h1,3-4,13,17H,2,5-12,14H2. The predicted octanol–water partition coefficient (Wildman–Crippen LogP) is 2.08. The number of piperazine rings is 1. The van der Waals surface area contributed by atoms with Crippen LogP contribution < -0.4 is 0 Å². The van der Waals surface area contributed by atoms with E-state index in [1.165, 1.54) is 18.6 Å². The van der Waals surface area contributed by atoms with Crippen molar-refractivity contribution in [3.8, 4) is 0 Å². The van der Waals surface area contributed by atoms with E-state index < -0.39 is 0 Å². The summed E-state index contributed by atoms with van der Waals surface area (Å²) in [4.78, 5) is 16.6. The SMILES string of the molecule is O=C(CCc1cccc(F)c1)N1CCN(CC2CCCO2)CC1. The van der Waals surface area contributed by atoms with E-state index >= 15 is 0 Å². The Labute approximate surface area is 137 Å². The van der Waals surface area contributed by atoms with Crippen LogP contribution >= 0.6 is 0 Å². The summed E-state index contributed by atoms with van der Waals surface area (Å²) in [6.07, 6.45) is 3.77. The minimum Gasteiger partial charge on any atom is -0.377 e. The average Bonchev–Trinajstić information content (AvgIpc) is 3.06. The second-order valence-electron chi connectivity index (χ2n) is 6.45. The summed E-state index contributed by atoms with van der Waals surface area (Å²) in [5.74, 6) is -0.0660. The van der Waals surface area contributed by atoms with E-state index in [0.29, 0.717) is 18.9 Å². The van der Waals surface area contributed by atoms with Crippen LogP contribution in [0.3, 0.4) is 0 Å². The molecule has 2 aliphatic heterocycles. The zero-order valence-corrected chi connectivity index (χ0v) is 13.5. The van der Waals surface area contributed by atoms with Crippen molar-refractivity contribution in [3.05, 3.63) is 35.6 Å². The van der Waals surface area contributed by atoms with Gasteiger partial charge in [-0.05, 0) is 37.0 Å². The van der Waals surface area contributed by atoms with Gasteiger partial charge in [0, 0.05) is 45.8 Å². The maximum Gasteiger partial charge on any atom is 0.222 e. The van der Waals surface area contributed by atoms with Crippen LogP contribution in [0.15, 0.2) is 24.3 Å². The fraction of sp³-hybridized carbons (Fsp3) is 0.611. The van der Waals surface area contributed by atoms with Crippen molar-refractivity contribution in [2.24, 2.45) is 0 Å². The Bertz CT molecular complexity index is 524. The molecule has 23 heavy (non-hydrogen) atoms. The molecule has 2 saturated heterocycles. The predicted molar refractivity (Wildman–Crippen MR) is 86.7 cm³/mol. The summed E-state index contributed by atoms with van der Waals surface area (Å²) in [6.45, 7) is 5.30. The number of rotatable bonds is 5. The van der Waals surface area contributed by atoms with Crippen molar-refractivity contribution in [2.45, 2.75) is 31.8 Å². The number of carbonyl (C=O) groups is 1. The maximum absolute atomic E-state index is 13.1. The number of ether oxygens (including phenoxy) is 1. The van der Waals surface area contributed by atoms with Gasteiger partial charge in [-0.1, -0.05) is 12.1 Å². The number of carbonyl (C=O) groups excluding carboxylic acids is 1. The van der Waals surface area contributed by atoms with Gasteiger partial charge in [-0.15, -0.1) is 0 Å². The van der Waals surface area contributed by atoms with Crippen molar-refractivity contribution in [1.82, 2.24) is 9.80 Å². The van der Waals surface area contributed by atoms with Crippen LogP contribution in [0.4, 0.5) is 4.39 Å². The Morgan fingerprint density at radius 3 is 2.78 bits per heavy atom. The quantitative estimate of drug-likeness (QED) is 0.833. The largest absolute Gasteiger partial charge is 0.377 e. The Morgan fingerprint density at radius 1 is 1.26 bits per heavy atom. The van der Waals surface area contributed by atoms with E-state index in [2.05, 4.69) is 4.90 Å².